The van der Waals surface area contributed by atoms with E-state index in [9.17, 15) is 4.79 Å². The fourth-order valence-electron chi connectivity index (χ4n) is 1.99. The monoisotopic (exact) mass is 288 g/mol. The van der Waals surface area contributed by atoms with Crippen LogP contribution < -0.4 is 11.1 Å². The highest BCUT2D eigenvalue weighted by Gasteiger charge is 2.18. The molecule has 0 spiro atoms. The van der Waals surface area contributed by atoms with Crippen molar-refractivity contribution in [3.63, 3.8) is 0 Å². The van der Waals surface area contributed by atoms with Crippen LogP contribution in [-0.2, 0) is 4.74 Å². The molecule has 0 fully saturated rings. The molecule has 1 amide bonds. The van der Waals surface area contributed by atoms with Crippen LogP contribution in [0.5, 0.6) is 0 Å². The summed E-state index contributed by atoms with van der Waals surface area (Å²) in [5.74, 6) is 6.01. The molecule has 1 unspecified atom stereocenters. The van der Waals surface area contributed by atoms with Crippen LogP contribution in [0.25, 0.3) is 0 Å². The predicted molar refractivity (Wildman–Crippen MR) is 85.1 cm³/mol. The molecule has 0 saturated heterocycles. The Morgan fingerprint density at radius 3 is 2.71 bits per heavy atom. The summed E-state index contributed by atoms with van der Waals surface area (Å²) in [4.78, 5) is 12.4. The van der Waals surface area contributed by atoms with Crippen molar-refractivity contribution in [3.05, 3.63) is 34.9 Å². The summed E-state index contributed by atoms with van der Waals surface area (Å²) in [6.45, 7) is 6.81. The molecule has 1 aromatic carbocycles. The van der Waals surface area contributed by atoms with Gasteiger partial charge in [-0.1, -0.05) is 31.8 Å². The van der Waals surface area contributed by atoms with Crippen molar-refractivity contribution in [2.24, 2.45) is 11.7 Å². The van der Waals surface area contributed by atoms with E-state index in [4.69, 9.17) is 10.5 Å². The number of nitrogens with one attached hydrogen (secondary N) is 1. The minimum atomic E-state index is -0.0975. The van der Waals surface area contributed by atoms with Crippen LogP contribution in [0.2, 0.25) is 0 Å². The van der Waals surface area contributed by atoms with E-state index in [1.54, 1.807) is 7.11 Å². The Kier molecular flexibility index (Phi) is 6.93. The molecule has 3 N–H and O–H groups in total. The van der Waals surface area contributed by atoms with E-state index in [1.165, 1.54) is 0 Å². The van der Waals surface area contributed by atoms with Crippen LogP contribution in [0.15, 0.2) is 18.2 Å². The fourth-order valence-corrected chi connectivity index (χ4v) is 1.99. The Morgan fingerprint density at radius 1 is 1.43 bits per heavy atom. The number of carbonyl (C=O) groups excluding carboxylic acids is 1. The van der Waals surface area contributed by atoms with Crippen molar-refractivity contribution < 1.29 is 9.53 Å². The average Bonchev–Trinajstić information content (AvgIpc) is 2.45. The minimum Gasteiger partial charge on any atom is -0.383 e. The third-order valence-electron chi connectivity index (χ3n) is 3.37. The molecule has 1 atom stereocenters. The minimum absolute atomic E-state index is 0.0133. The van der Waals surface area contributed by atoms with E-state index in [-0.39, 0.29) is 11.9 Å². The summed E-state index contributed by atoms with van der Waals surface area (Å²) < 4.78 is 5.16. The van der Waals surface area contributed by atoms with Crippen LogP contribution in [0, 0.1) is 24.7 Å². The highest BCUT2D eigenvalue weighted by atomic mass is 16.5. The van der Waals surface area contributed by atoms with Gasteiger partial charge in [0.1, 0.15) is 0 Å². The highest BCUT2D eigenvalue weighted by molar-refractivity contribution is 5.96. The van der Waals surface area contributed by atoms with Gasteiger partial charge in [-0.3, -0.25) is 4.79 Å². The van der Waals surface area contributed by atoms with Gasteiger partial charge < -0.3 is 15.8 Å². The third-order valence-corrected chi connectivity index (χ3v) is 3.37. The molecule has 1 aromatic rings. The molecule has 4 nitrogen and oxygen atoms in total. The lowest BCUT2D eigenvalue weighted by Gasteiger charge is -2.22. The number of benzene rings is 1. The van der Waals surface area contributed by atoms with Gasteiger partial charge in [-0.05, 0) is 30.5 Å². The molecular weight excluding hydrogens is 264 g/mol. The first-order chi connectivity index (χ1) is 10.0. The van der Waals surface area contributed by atoms with Gasteiger partial charge in [0, 0.05) is 18.2 Å². The maximum absolute atomic E-state index is 12.4. The van der Waals surface area contributed by atoms with E-state index < -0.39 is 0 Å². The Bertz CT molecular complexity index is 541. The van der Waals surface area contributed by atoms with Gasteiger partial charge >= 0.3 is 0 Å². The zero-order valence-corrected chi connectivity index (χ0v) is 13.2. The molecule has 114 valence electrons. The number of ether oxygens (including phenoxy) is 1. The Balaban J connectivity index is 2.97. The molecule has 0 heterocycles. The SMILES string of the molecule is COCC(NC(=O)c1cccc(C#CCN)c1C)C(C)C. The van der Waals surface area contributed by atoms with E-state index in [0.717, 1.165) is 11.1 Å². The van der Waals surface area contributed by atoms with Crippen LogP contribution in [0.1, 0.15) is 35.3 Å². The van der Waals surface area contributed by atoms with E-state index in [1.807, 2.05) is 25.1 Å². The number of rotatable bonds is 5. The van der Waals surface area contributed by atoms with Crippen molar-refractivity contribution in [1.29, 1.82) is 0 Å². The lowest BCUT2D eigenvalue weighted by Crippen LogP contribution is -2.41. The van der Waals surface area contributed by atoms with Gasteiger partial charge in [-0.25, -0.2) is 0 Å². The number of nitrogens with two attached hydrogens (primary N) is 1. The largest absolute Gasteiger partial charge is 0.383 e. The molecule has 0 bridgehead atoms. The molecule has 0 aliphatic rings. The summed E-state index contributed by atoms with van der Waals surface area (Å²) in [6.07, 6.45) is 0. The molecule has 0 radical (unpaired) electrons. The van der Waals surface area contributed by atoms with Crippen LogP contribution in [-0.4, -0.2) is 32.2 Å². The van der Waals surface area contributed by atoms with Gasteiger partial charge in [-0.2, -0.15) is 0 Å². The number of methoxy groups -OCH3 is 1. The average molecular weight is 288 g/mol. The normalized spacial score (nSPS) is 11.7. The standard InChI is InChI=1S/C17H24N2O2/c1-12(2)16(11-21-4)19-17(20)15-9-5-7-14(13(15)3)8-6-10-18/h5,7,9,12,16H,10-11,18H2,1-4H3,(H,19,20). The molecular formula is C17H24N2O2. The quantitative estimate of drug-likeness (QED) is 0.811. The topological polar surface area (TPSA) is 64.3 Å². The first kappa shape index (κ1) is 17.2. The van der Waals surface area contributed by atoms with Crippen molar-refractivity contribution in [2.45, 2.75) is 26.8 Å². The summed E-state index contributed by atoms with van der Waals surface area (Å²) in [5, 5.41) is 3.02. The summed E-state index contributed by atoms with van der Waals surface area (Å²) in [6, 6.07) is 5.52. The maximum Gasteiger partial charge on any atom is 0.251 e. The summed E-state index contributed by atoms with van der Waals surface area (Å²) in [7, 11) is 1.63. The Morgan fingerprint density at radius 2 is 2.14 bits per heavy atom. The van der Waals surface area contributed by atoms with Crippen LogP contribution >= 0.6 is 0 Å². The van der Waals surface area contributed by atoms with Gasteiger partial charge in [-0.15, -0.1) is 0 Å². The zero-order valence-electron chi connectivity index (χ0n) is 13.2. The lowest BCUT2D eigenvalue weighted by molar-refractivity contribution is 0.0866. The van der Waals surface area contributed by atoms with Gasteiger partial charge in [0.15, 0.2) is 0 Å². The van der Waals surface area contributed by atoms with Crippen molar-refractivity contribution >= 4 is 5.91 Å². The second kappa shape index (κ2) is 8.46. The molecule has 0 saturated carbocycles. The predicted octanol–water partition coefficient (Wildman–Crippen LogP) is 1.71. The first-order valence-electron chi connectivity index (χ1n) is 7.09. The number of amides is 1. The molecule has 21 heavy (non-hydrogen) atoms. The van der Waals surface area contributed by atoms with E-state index in [0.29, 0.717) is 24.6 Å². The Hall–Kier alpha value is -1.83. The second-order valence-electron chi connectivity index (χ2n) is 5.26. The zero-order chi connectivity index (χ0) is 15.8. The van der Waals surface area contributed by atoms with E-state index >= 15 is 0 Å². The molecule has 0 aliphatic carbocycles. The van der Waals surface area contributed by atoms with Crippen molar-refractivity contribution in [2.75, 3.05) is 20.3 Å². The molecule has 1 rings (SSSR count). The first-order valence-corrected chi connectivity index (χ1v) is 7.09. The molecule has 0 aliphatic heterocycles. The third kappa shape index (κ3) is 4.89. The van der Waals surface area contributed by atoms with Crippen molar-refractivity contribution in [3.8, 4) is 11.8 Å². The van der Waals surface area contributed by atoms with Gasteiger partial charge in [0.25, 0.3) is 5.91 Å². The Labute approximate surface area is 127 Å². The van der Waals surface area contributed by atoms with Crippen LogP contribution in [0.3, 0.4) is 0 Å². The van der Waals surface area contributed by atoms with E-state index in [2.05, 4.69) is 31.0 Å². The summed E-state index contributed by atoms with van der Waals surface area (Å²) in [5.41, 5.74) is 7.73. The maximum atomic E-state index is 12.4. The number of carbonyl (C=O) groups is 1. The highest BCUT2D eigenvalue weighted by Crippen LogP contribution is 2.14. The second-order valence-corrected chi connectivity index (χ2v) is 5.26. The number of hydrogen-bond donors (Lipinski definition) is 2. The fraction of sp³-hybridized carbons (Fsp3) is 0.471. The van der Waals surface area contributed by atoms with Gasteiger partial charge in [0.05, 0.1) is 19.2 Å². The lowest BCUT2D eigenvalue weighted by atomic mass is 10.00. The van der Waals surface area contributed by atoms with Gasteiger partial charge in [0.2, 0.25) is 0 Å². The van der Waals surface area contributed by atoms with Crippen LogP contribution in [0.4, 0.5) is 0 Å². The van der Waals surface area contributed by atoms with Crippen molar-refractivity contribution in [1.82, 2.24) is 5.32 Å². The number of hydrogen-bond acceptors (Lipinski definition) is 3. The summed E-state index contributed by atoms with van der Waals surface area (Å²) >= 11 is 0. The molecule has 0 aromatic heterocycles. The molecule has 4 heteroatoms. The smallest absolute Gasteiger partial charge is 0.251 e.